The van der Waals surface area contributed by atoms with Crippen molar-refractivity contribution in [1.82, 2.24) is 0 Å². The number of hydrogen-bond acceptors (Lipinski definition) is 3. The van der Waals surface area contributed by atoms with Crippen LogP contribution in [0, 0.1) is 11.8 Å². The Bertz CT molecular complexity index is 288. The second-order valence-corrected chi connectivity index (χ2v) is 5.16. The largest absolute Gasteiger partial charge is 0.465 e. The summed E-state index contributed by atoms with van der Waals surface area (Å²) in [5.41, 5.74) is 5.27. The number of ether oxygens (including phenoxy) is 1. The van der Waals surface area contributed by atoms with Gasteiger partial charge in [-0.15, -0.1) is 0 Å². The van der Waals surface area contributed by atoms with Crippen molar-refractivity contribution < 1.29 is 22.7 Å². The predicted octanol–water partition coefficient (Wildman–Crippen LogP) is 3.03. The second kappa shape index (κ2) is 7.12. The van der Waals surface area contributed by atoms with Gasteiger partial charge >= 0.3 is 12.1 Å². The average Bonchev–Trinajstić information content (AvgIpc) is 2.36. The molecule has 0 heterocycles. The zero-order chi connectivity index (χ0) is 14.5. The maximum atomic E-state index is 12.8. The van der Waals surface area contributed by atoms with Crippen LogP contribution in [0.1, 0.15) is 45.4 Å². The highest BCUT2D eigenvalue weighted by Crippen LogP contribution is 2.36. The van der Waals surface area contributed by atoms with E-state index in [1.165, 1.54) is 0 Å². The van der Waals surface area contributed by atoms with Gasteiger partial charge in [0.2, 0.25) is 0 Å². The first kappa shape index (κ1) is 16.3. The molecule has 1 rings (SSSR count). The van der Waals surface area contributed by atoms with Crippen LogP contribution in [0.25, 0.3) is 0 Å². The van der Waals surface area contributed by atoms with Crippen LogP contribution in [0.4, 0.5) is 13.2 Å². The van der Waals surface area contributed by atoms with Gasteiger partial charge in [0.05, 0.1) is 12.5 Å². The Kier molecular flexibility index (Phi) is 6.10. The SMILES string of the molecule is CCCOC(=O)[C@@H](C1CCCCC1)[C@H](N)C(F)(F)F. The van der Waals surface area contributed by atoms with Gasteiger partial charge in [0.15, 0.2) is 0 Å². The van der Waals surface area contributed by atoms with Crippen molar-refractivity contribution in [1.29, 1.82) is 0 Å². The lowest BCUT2D eigenvalue weighted by Crippen LogP contribution is -2.50. The summed E-state index contributed by atoms with van der Waals surface area (Å²) in [6.07, 6.45) is -0.0167. The first-order chi connectivity index (χ1) is 8.88. The van der Waals surface area contributed by atoms with Crippen molar-refractivity contribution in [3.8, 4) is 0 Å². The summed E-state index contributed by atoms with van der Waals surface area (Å²) in [4.78, 5) is 11.9. The van der Waals surface area contributed by atoms with Crippen molar-refractivity contribution in [2.45, 2.75) is 57.7 Å². The van der Waals surface area contributed by atoms with E-state index in [-0.39, 0.29) is 12.5 Å². The first-order valence-corrected chi connectivity index (χ1v) is 6.86. The molecule has 1 aliphatic rings. The Balaban J connectivity index is 2.79. The molecule has 0 bridgehead atoms. The fraction of sp³-hybridized carbons (Fsp3) is 0.923. The Morgan fingerprint density at radius 1 is 1.32 bits per heavy atom. The van der Waals surface area contributed by atoms with E-state index in [2.05, 4.69) is 0 Å². The molecule has 19 heavy (non-hydrogen) atoms. The molecule has 1 aliphatic carbocycles. The molecule has 0 saturated heterocycles. The topological polar surface area (TPSA) is 52.3 Å². The normalized spacial score (nSPS) is 20.9. The Labute approximate surface area is 111 Å². The summed E-state index contributed by atoms with van der Waals surface area (Å²) in [5.74, 6) is -2.36. The van der Waals surface area contributed by atoms with Crippen LogP contribution >= 0.6 is 0 Å². The summed E-state index contributed by atoms with van der Waals surface area (Å²) in [7, 11) is 0. The number of rotatable bonds is 5. The molecule has 3 nitrogen and oxygen atoms in total. The van der Waals surface area contributed by atoms with Gasteiger partial charge in [-0.05, 0) is 25.2 Å². The van der Waals surface area contributed by atoms with Gasteiger partial charge in [0.1, 0.15) is 6.04 Å². The van der Waals surface area contributed by atoms with Crippen molar-refractivity contribution in [3.63, 3.8) is 0 Å². The van der Waals surface area contributed by atoms with E-state index >= 15 is 0 Å². The maximum Gasteiger partial charge on any atom is 0.404 e. The molecule has 2 atom stereocenters. The van der Waals surface area contributed by atoms with Gasteiger partial charge in [0, 0.05) is 0 Å². The lowest BCUT2D eigenvalue weighted by Gasteiger charge is -2.33. The maximum absolute atomic E-state index is 12.8. The zero-order valence-electron chi connectivity index (χ0n) is 11.2. The van der Waals surface area contributed by atoms with E-state index in [1.807, 2.05) is 0 Å². The molecule has 1 saturated carbocycles. The number of nitrogens with two attached hydrogens (primary N) is 1. The van der Waals surface area contributed by atoms with E-state index in [1.54, 1.807) is 6.92 Å². The molecule has 0 aromatic carbocycles. The van der Waals surface area contributed by atoms with E-state index in [4.69, 9.17) is 10.5 Å². The summed E-state index contributed by atoms with van der Waals surface area (Å²) >= 11 is 0. The molecule has 112 valence electrons. The highest BCUT2D eigenvalue weighted by molar-refractivity contribution is 5.73. The first-order valence-electron chi connectivity index (χ1n) is 6.86. The lowest BCUT2D eigenvalue weighted by molar-refractivity contribution is -0.181. The number of halogens is 3. The molecule has 0 spiro atoms. The minimum Gasteiger partial charge on any atom is -0.465 e. The van der Waals surface area contributed by atoms with Crippen LogP contribution < -0.4 is 5.73 Å². The van der Waals surface area contributed by atoms with E-state index in [0.29, 0.717) is 19.3 Å². The van der Waals surface area contributed by atoms with Crippen LogP contribution in [-0.4, -0.2) is 24.8 Å². The van der Waals surface area contributed by atoms with Crippen LogP contribution in [0.3, 0.4) is 0 Å². The molecular weight excluding hydrogens is 259 g/mol. The monoisotopic (exact) mass is 281 g/mol. The Morgan fingerprint density at radius 3 is 2.37 bits per heavy atom. The second-order valence-electron chi connectivity index (χ2n) is 5.16. The van der Waals surface area contributed by atoms with E-state index in [0.717, 1.165) is 19.3 Å². The molecule has 0 unspecified atom stereocenters. The number of carbonyl (C=O) groups is 1. The summed E-state index contributed by atoms with van der Waals surface area (Å²) < 4.78 is 43.3. The molecule has 0 aromatic heterocycles. The molecule has 1 fully saturated rings. The zero-order valence-corrected chi connectivity index (χ0v) is 11.2. The molecule has 0 radical (unpaired) electrons. The molecule has 0 aromatic rings. The Hall–Kier alpha value is -0.780. The van der Waals surface area contributed by atoms with Gasteiger partial charge in [-0.3, -0.25) is 4.79 Å². The van der Waals surface area contributed by atoms with E-state index < -0.39 is 24.1 Å². The quantitative estimate of drug-likeness (QED) is 0.788. The minimum absolute atomic E-state index is 0.145. The predicted molar refractivity (Wildman–Crippen MR) is 65.3 cm³/mol. The van der Waals surface area contributed by atoms with Crippen LogP contribution in [0.5, 0.6) is 0 Å². The van der Waals surface area contributed by atoms with Crippen LogP contribution in [0.15, 0.2) is 0 Å². The van der Waals surface area contributed by atoms with Crippen LogP contribution in [0.2, 0.25) is 0 Å². The number of esters is 1. The third kappa shape index (κ3) is 4.67. The van der Waals surface area contributed by atoms with Gasteiger partial charge in [-0.2, -0.15) is 13.2 Å². The Morgan fingerprint density at radius 2 is 1.89 bits per heavy atom. The molecule has 2 N–H and O–H groups in total. The van der Waals surface area contributed by atoms with Gasteiger partial charge in [-0.1, -0.05) is 26.2 Å². The summed E-state index contributed by atoms with van der Waals surface area (Å²) in [5, 5.41) is 0. The smallest absolute Gasteiger partial charge is 0.404 e. The fourth-order valence-electron chi connectivity index (χ4n) is 2.63. The third-order valence-electron chi connectivity index (χ3n) is 3.64. The number of alkyl halides is 3. The van der Waals surface area contributed by atoms with Gasteiger partial charge in [0.25, 0.3) is 0 Å². The highest BCUT2D eigenvalue weighted by Gasteiger charge is 2.48. The average molecular weight is 281 g/mol. The molecular formula is C13H22F3NO2. The third-order valence-corrected chi connectivity index (χ3v) is 3.64. The highest BCUT2D eigenvalue weighted by atomic mass is 19.4. The van der Waals surface area contributed by atoms with Crippen molar-refractivity contribution in [2.24, 2.45) is 17.6 Å². The molecule has 0 amide bonds. The van der Waals surface area contributed by atoms with Crippen molar-refractivity contribution in [3.05, 3.63) is 0 Å². The van der Waals surface area contributed by atoms with Crippen molar-refractivity contribution in [2.75, 3.05) is 6.61 Å². The minimum atomic E-state index is -4.56. The summed E-state index contributed by atoms with van der Waals surface area (Å²) in [6.45, 7) is 1.94. The van der Waals surface area contributed by atoms with Gasteiger partial charge in [-0.25, -0.2) is 0 Å². The standard InChI is InChI=1S/C13H22F3NO2/c1-2-8-19-12(18)10(11(17)13(14,15)16)9-6-4-3-5-7-9/h9-11H,2-8,17H2,1H3/t10-,11-/m0/s1. The number of carbonyl (C=O) groups excluding carboxylic acids is 1. The van der Waals surface area contributed by atoms with Crippen LogP contribution in [-0.2, 0) is 9.53 Å². The van der Waals surface area contributed by atoms with E-state index in [9.17, 15) is 18.0 Å². The van der Waals surface area contributed by atoms with Crippen molar-refractivity contribution >= 4 is 5.97 Å². The van der Waals surface area contributed by atoms with Gasteiger partial charge < -0.3 is 10.5 Å². The fourth-order valence-corrected chi connectivity index (χ4v) is 2.63. The molecule has 6 heteroatoms. The molecule has 0 aliphatic heterocycles. The summed E-state index contributed by atoms with van der Waals surface area (Å²) in [6, 6.07) is -2.13. The number of hydrogen-bond donors (Lipinski definition) is 1. The lowest BCUT2D eigenvalue weighted by atomic mass is 9.76.